The van der Waals surface area contributed by atoms with Gasteiger partial charge in [-0.1, -0.05) is 46.3 Å². The molecule has 2 saturated heterocycles. The lowest BCUT2D eigenvalue weighted by Crippen LogP contribution is -2.49. The fraction of sp³-hybridized carbons (Fsp3) is 0.364. The van der Waals surface area contributed by atoms with Gasteiger partial charge in [0.05, 0.1) is 5.69 Å². The van der Waals surface area contributed by atoms with Gasteiger partial charge < -0.3 is 20.0 Å². The molecule has 1 N–H and O–H groups in total. The Morgan fingerprint density at radius 3 is 2.50 bits per heavy atom. The fourth-order valence-electron chi connectivity index (χ4n) is 4.06. The van der Waals surface area contributed by atoms with Crippen LogP contribution in [0.3, 0.4) is 0 Å². The normalized spacial score (nSPS) is 17.5. The molecule has 8 heteroatoms. The first-order valence-corrected chi connectivity index (χ1v) is 10.9. The molecule has 4 rings (SSSR count). The first kappa shape index (κ1) is 20.7. The number of hydrogen-bond acceptors (Lipinski definition) is 2. The molecule has 0 saturated carbocycles. The van der Waals surface area contributed by atoms with Gasteiger partial charge in [-0.15, -0.1) is 0 Å². The van der Waals surface area contributed by atoms with E-state index < -0.39 is 5.82 Å². The number of anilines is 1. The second-order valence-electron chi connectivity index (χ2n) is 7.66. The average Bonchev–Trinajstić information content (AvgIpc) is 3.11. The van der Waals surface area contributed by atoms with Crippen LogP contribution in [0.15, 0.2) is 53.0 Å². The van der Waals surface area contributed by atoms with Crippen molar-refractivity contribution in [1.29, 1.82) is 0 Å². The summed E-state index contributed by atoms with van der Waals surface area (Å²) in [6, 6.07) is 14.4. The second kappa shape index (κ2) is 9.04. The third-order valence-electron chi connectivity index (χ3n) is 5.71. The topological polar surface area (TPSA) is 55.9 Å². The number of likely N-dealkylation sites (tertiary alicyclic amines) is 1. The van der Waals surface area contributed by atoms with Crippen LogP contribution in [0.2, 0.25) is 0 Å². The smallest absolute Gasteiger partial charge is 0.321 e. The summed E-state index contributed by atoms with van der Waals surface area (Å²) in [5, 5.41) is 2.64. The third kappa shape index (κ3) is 4.59. The van der Waals surface area contributed by atoms with E-state index in [1.807, 2.05) is 40.1 Å². The van der Waals surface area contributed by atoms with Gasteiger partial charge in [0, 0.05) is 43.2 Å². The molecular weight excluding hydrogens is 451 g/mol. The van der Waals surface area contributed by atoms with Crippen molar-refractivity contribution in [1.82, 2.24) is 14.7 Å². The summed E-state index contributed by atoms with van der Waals surface area (Å²) in [6.45, 7) is 3.13. The number of amides is 4. The highest BCUT2D eigenvalue weighted by molar-refractivity contribution is 9.10. The van der Waals surface area contributed by atoms with Crippen LogP contribution in [0, 0.1) is 5.82 Å². The molecule has 2 heterocycles. The Balaban J connectivity index is 1.29. The number of benzene rings is 2. The summed E-state index contributed by atoms with van der Waals surface area (Å²) in [5.41, 5.74) is 1.29. The summed E-state index contributed by atoms with van der Waals surface area (Å²) >= 11 is 3.21. The van der Waals surface area contributed by atoms with Gasteiger partial charge in [-0.25, -0.2) is 14.0 Å². The molecule has 2 fully saturated rings. The van der Waals surface area contributed by atoms with E-state index in [9.17, 15) is 14.0 Å². The molecule has 2 aliphatic heterocycles. The van der Waals surface area contributed by atoms with Crippen LogP contribution < -0.4 is 5.32 Å². The quantitative estimate of drug-likeness (QED) is 0.707. The molecule has 0 radical (unpaired) electrons. The Hall–Kier alpha value is -2.61. The first-order valence-electron chi connectivity index (χ1n) is 10.1. The van der Waals surface area contributed by atoms with Gasteiger partial charge in [-0.3, -0.25) is 0 Å². The minimum Gasteiger partial charge on any atom is -0.324 e. The van der Waals surface area contributed by atoms with E-state index in [2.05, 4.69) is 21.2 Å². The van der Waals surface area contributed by atoms with Gasteiger partial charge in [-0.2, -0.15) is 0 Å². The zero-order valence-corrected chi connectivity index (χ0v) is 18.1. The minimum absolute atomic E-state index is 0.0682. The zero-order chi connectivity index (χ0) is 21.1. The Morgan fingerprint density at radius 2 is 1.80 bits per heavy atom. The van der Waals surface area contributed by atoms with Gasteiger partial charge in [0.1, 0.15) is 5.82 Å². The molecule has 0 aliphatic carbocycles. The molecule has 2 aromatic rings. The van der Waals surface area contributed by atoms with Gasteiger partial charge in [0.15, 0.2) is 0 Å². The summed E-state index contributed by atoms with van der Waals surface area (Å²) < 4.78 is 14.6. The summed E-state index contributed by atoms with van der Waals surface area (Å²) in [7, 11) is 0. The Labute approximate surface area is 183 Å². The van der Waals surface area contributed by atoms with E-state index in [0.29, 0.717) is 30.7 Å². The van der Waals surface area contributed by atoms with Crippen LogP contribution in [0.1, 0.15) is 18.4 Å². The number of piperidine rings is 1. The standard InChI is InChI=1S/C22H24BrFN4O2/c23-17-6-7-20(19(24)14-17)25-21(29)26-10-8-18(9-11-26)28-13-12-27(22(28)30)15-16-4-2-1-3-5-16/h1-7,14,18H,8-13,15H2,(H,25,29). The second-order valence-corrected chi connectivity index (χ2v) is 8.57. The van der Waals surface area contributed by atoms with Crippen LogP contribution >= 0.6 is 15.9 Å². The number of carbonyl (C=O) groups excluding carboxylic acids is 2. The summed E-state index contributed by atoms with van der Waals surface area (Å²) in [6.07, 6.45) is 1.45. The predicted molar refractivity (Wildman–Crippen MR) is 117 cm³/mol. The molecule has 0 atom stereocenters. The number of urea groups is 2. The number of carbonyl (C=O) groups is 2. The van der Waals surface area contributed by atoms with Crippen molar-refractivity contribution in [2.45, 2.75) is 25.4 Å². The van der Waals surface area contributed by atoms with Crippen LogP contribution in [-0.2, 0) is 6.54 Å². The van der Waals surface area contributed by atoms with Crippen molar-refractivity contribution in [2.24, 2.45) is 0 Å². The lowest BCUT2D eigenvalue weighted by atomic mass is 10.0. The molecule has 6 nitrogen and oxygen atoms in total. The molecule has 0 spiro atoms. The average molecular weight is 475 g/mol. The fourth-order valence-corrected chi connectivity index (χ4v) is 4.39. The van der Waals surface area contributed by atoms with E-state index in [0.717, 1.165) is 24.9 Å². The Bertz CT molecular complexity index is 919. The highest BCUT2D eigenvalue weighted by Crippen LogP contribution is 2.24. The van der Waals surface area contributed by atoms with Crippen LogP contribution in [0.25, 0.3) is 0 Å². The molecule has 2 aliphatic rings. The molecule has 0 bridgehead atoms. The highest BCUT2D eigenvalue weighted by atomic mass is 79.9. The molecule has 158 valence electrons. The van der Waals surface area contributed by atoms with Gasteiger partial charge >= 0.3 is 12.1 Å². The maximum absolute atomic E-state index is 14.0. The first-order chi connectivity index (χ1) is 14.5. The van der Waals surface area contributed by atoms with Crippen molar-refractivity contribution in [2.75, 3.05) is 31.5 Å². The van der Waals surface area contributed by atoms with Crippen molar-refractivity contribution >= 4 is 33.7 Å². The molecule has 4 amide bonds. The van der Waals surface area contributed by atoms with Crippen molar-refractivity contribution in [3.63, 3.8) is 0 Å². The number of rotatable bonds is 4. The summed E-state index contributed by atoms with van der Waals surface area (Å²) in [5.74, 6) is -0.478. The number of nitrogens with one attached hydrogen (secondary N) is 1. The highest BCUT2D eigenvalue weighted by Gasteiger charge is 2.36. The molecule has 0 aromatic heterocycles. The number of halogens is 2. The summed E-state index contributed by atoms with van der Waals surface area (Å²) in [4.78, 5) is 30.8. The molecule has 2 aromatic carbocycles. The van der Waals surface area contributed by atoms with Crippen molar-refractivity contribution in [3.05, 3.63) is 64.4 Å². The van der Waals surface area contributed by atoms with Crippen molar-refractivity contribution < 1.29 is 14.0 Å². The van der Waals surface area contributed by atoms with Gasteiger partial charge in [0.2, 0.25) is 0 Å². The lowest BCUT2D eigenvalue weighted by Gasteiger charge is -2.36. The predicted octanol–water partition coefficient (Wildman–Crippen LogP) is 4.52. The Morgan fingerprint density at radius 1 is 1.07 bits per heavy atom. The maximum Gasteiger partial charge on any atom is 0.321 e. The van der Waals surface area contributed by atoms with Crippen molar-refractivity contribution in [3.8, 4) is 0 Å². The third-order valence-corrected chi connectivity index (χ3v) is 6.20. The van der Waals surface area contributed by atoms with E-state index in [-0.39, 0.29) is 23.8 Å². The monoisotopic (exact) mass is 474 g/mol. The minimum atomic E-state index is -0.478. The van der Waals surface area contributed by atoms with Gasteiger partial charge in [-0.05, 0) is 36.6 Å². The van der Waals surface area contributed by atoms with E-state index in [4.69, 9.17) is 0 Å². The van der Waals surface area contributed by atoms with Crippen LogP contribution in [0.5, 0.6) is 0 Å². The van der Waals surface area contributed by atoms with E-state index in [1.54, 1.807) is 11.0 Å². The Kier molecular flexibility index (Phi) is 6.22. The lowest BCUT2D eigenvalue weighted by molar-refractivity contribution is 0.139. The maximum atomic E-state index is 14.0. The number of hydrogen-bond donors (Lipinski definition) is 1. The molecule has 30 heavy (non-hydrogen) atoms. The SMILES string of the molecule is O=C(Nc1ccc(Br)cc1F)N1CCC(N2CCN(Cc3ccccc3)C2=O)CC1. The zero-order valence-electron chi connectivity index (χ0n) is 16.6. The van der Waals surface area contributed by atoms with E-state index in [1.165, 1.54) is 12.1 Å². The largest absolute Gasteiger partial charge is 0.324 e. The van der Waals surface area contributed by atoms with E-state index >= 15 is 0 Å². The molecule has 0 unspecified atom stereocenters. The van der Waals surface area contributed by atoms with Gasteiger partial charge in [0.25, 0.3) is 0 Å². The van der Waals surface area contributed by atoms with Crippen LogP contribution in [0.4, 0.5) is 19.7 Å². The molecular formula is C22H24BrFN4O2. The number of nitrogens with zero attached hydrogens (tertiary/aromatic N) is 3. The van der Waals surface area contributed by atoms with Crippen LogP contribution in [-0.4, -0.2) is 59.0 Å².